The van der Waals surface area contributed by atoms with Gasteiger partial charge in [0.25, 0.3) is 0 Å². The number of methoxy groups -OCH3 is 1. The number of aliphatic hydroxyl groups excluding tert-OH is 1. The average molecular weight is 468 g/mol. The number of aliphatic hydroxyl groups is 2. The summed E-state index contributed by atoms with van der Waals surface area (Å²) in [6.07, 6.45) is 4.80. The van der Waals surface area contributed by atoms with E-state index < -0.39 is 17.1 Å². The Morgan fingerprint density at radius 3 is 2.76 bits per heavy atom. The molecule has 3 fully saturated rings. The molecule has 0 unspecified atom stereocenters. The summed E-state index contributed by atoms with van der Waals surface area (Å²) in [7, 11) is 1.65. The van der Waals surface area contributed by atoms with Gasteiger partial charge in [-0.2, -0.15) is 0 Å². The molecule has 3 saturated carbocycles. The number of hydrogen-bond acceptors (Lipinski definition) is 6. The van der Waals surface area contributed by atoms with E-state index in [0.717, 1.165) is 59.0 Å². The number of ketones is 1. The molecule has 6 rings (SSSR count). The number of benzene rings is 1. The second-order valence-electron chi connectivity index (χ2n) is 11.3. The van der Waals surface area contributed by atoms with E-state index in [2.05, 4.69) is 13.8 Å². The molecule has 4 aliphatic carbocycles. The van der Waals surface area contributed by atoms with Crippen molar-refractivity contribution < 1.29 is 19.7 Å². The number of rotatable bonds is 2. The summed E-state index contributed by atoms with van der Waals surface area (Å²) < 4.78 is 5.39. The molecule has 0 amide bonds. The minimum atomic E-state index is -1.30. The van der Waals surface area contributed by atoms with E-state index in [4.69, 9.17) is 9.72 Å². The Morgan fingerprint density at radius 2 is 1.97 bits per heavy atom. The summed E-state index contributed by atoms with van der Waals surface area (Å²) >= 11 is 1.52. The fourth-order valence-electron chi connectivity index (χ4n) is 8.13. The van der Waals surface area contributed by atoms with Crippen LogP contribution < -0.4 is 4.74 Å². The van der Waals surface area contributed by atoms with Crippen molar-refractivity contribution in [1.29, 1.82) is 0 Å². The number of aryl methyl sites for hydroxylation is 1. The number of Topliss-reactive ketones (excluding diaryl/α,β-unsaturated/α-hetero) is 1. The maximum Gasteiger partial charge on any atom is 0.139 e. The molecule has 1 aromatic heterocycles. The lowest BCUT2D eigenvalue weighted by Gasteiger charge is -2.63. The predicted molar refractivity (Wildman–Crippen MR) is 127 cm³/mol. The van der Waals surface area contributed by atoms with Crippen LogP contribution in [-0.4, -0.2) is 34.2 Å². The third-order valence-corrected chi connectivity index (χ3v) is 11.3. The average Bonchev–Trinajstić information content (AvgIpc) is 3.38. The maximum absolute atomic E-state index is 12.7. The van der Waals surface area contributed by atoms with Crippen molar-refractivity contribution >= 4 is 17.1 Å². The van der Waals surface area contributed by atoms with Gasteiger partial charge >= 0.3 is 0 Å². The molecular weight excluding hydrogens is 434 g/mol. The Hall–Kier alpha value is -1.76. The van der Waals surface area contributed by atoms with Gasteiger partial charge in [-0.15, -0.1) is 11.3 Å². The van der Waals surface area contributed by atoms with Crippen LogP contribution in [0.4, 0.5) is 0 Å². The van der Waals surface area contributed by atoms with Gasteiger partial charge in [0, 0.05) is 22.8 Å². The molecule has 4 aliphatic rings. The lowest BCUT2D eigenvalue weighted by atomic mass is 9.43. The third-order valence-electron chi connectivity index (χ3n) is 10.1. The molecule has 0 saturated heterocycles. The van der Waals surface area contributed by atoms with E-state index in [0.29, 0.717) is 36.4 Å². The molecule has 0 radical (unpaired) electrons. The second-order valence-corrected chi connectivity index (χ2v) is 12.3. The van der Waals surface area contributed by atoms with Crippen molar-refractivity contribution in [2.45, 2.75) is 70.5 Å². The first-order valence-corrected chi connectivity index (χ1v) is 13.1. The number of ether oxygens (including phenoxy) is 1. The number of thiazole rings is 1. The highest BCUT2D eigenvalue weighted by Crippen LogP contribution is 2.68. The molecular formula is C27H33NO4S. The molecule has 1 heterocycles. The van der Waals surface area contributed by atoms with Crippen LogP contribution in [0.25, 0.3) is 10.6 Å². The topological polar surface area (TPSA) is 79.7 Å². The van der Waals surface area contributed by atoms with Crippen LogP contribution >= 0.6 is 11.3 Å². The quantitative estimate of drug-likeness (QED) is 0.667. The van der Waals surface area contributed by atoms with Crippen LogP contribution in [0.3, 0.4) is 0 Å². The SMILES string of the molecule is COc1cccc(-c2nc3c(s2)[C@]2(O)[C@@H](O)C[C@H]4[C@@H]5CCC(=O)[C@@]5(C)CC[C@@H]4[C@@]2(C)CC3)c1. The summed E-state index contributed by atoms with van der Waals surface area (Å²) in [6.45, 7) is 4.35. The highest BCUT2D eigenvalue weighted by molar-refractivity contribution is 7.15. The Kier molecular flexibility index (Phi) is 4.70. The van der Waals surface area contributed by atoms with Gasteiger partial charge in [-0.1, -0.05) is 26.0 Å². The fourth-order valence-corrected chi connectivity index (χ4v) is 9.52. The highest BCUT2D eigenvalue weighted by atomic mass is 32.1. The molecule has 2 N–H and O–H groups in total. The Balaban J connectivity index is 1.42. The van der Waals surface area contributed by atoms with Gasteiger partial charge in [0.15, 0.2) is 0 Å². The smallest absolute Gasteiger partial charge is 0.139 e. The first kappa shape index (κ1) is 21.8. The molecule has 176 valence electrons. The summed E-state index contributed by atoms with van der Waals surface area (Å²) in [5.41, 5.74) is -0.0659. The third kappa shape index (κ3) is 2.72. The molecule has 5 nitrogen and oxygen atoms in total. The van der Waals surface area contributed by atoms with Crippen molar-refractivity contribution in [3.63, 3.8) is 0 Å². The molecule has 0 spiro atoms. The van der Waals surface area contributed by atoms with E-state index in [1.807, 2.05) is 24.3 Å². The molecule has 0 aliphatic heterocycles. The van der Waals surface area contributed by atoms with Crippen molar-refractivity contribution in [3.8, 4) is 16.3 Å². The van der Waals surface area contributed by atoms with E-state index in [1.54, 1.807) is 7.11 Å². The van der Waals surface area contributed by atoms with Gasteiger partial charge < -0.3 is 14.9 Å². The van der Waals surface area contributed by atoms with Gasteiger partial charge in [0.05, 0.1) is 23.8 Å². The van der Waals surface area contributed by atoms with Crippen LogP contribution in [-0.2, 0) is 16.8 Å². The van der Waals surface area contributed by atoms with E-state index in [-0.39, 0.29) is 5.41 Å². The fraction of sp³-hybridized carbons (Fsp3) is 0.630. The van der Waals surface area contributed by atoms with E-state index in [9.17, 15) is 15.0 Å². The highest BCUT2D eigenvalue weighted by Gasteiger charge is 2.68. The largest absolute Gasteiger partial charge is 0.497 e. The lowest BCUT2D eigenvalue weighted by Crippen LogP contribution is -2.65. The number of carbonyl (C=O) groups excluding carboxylic acids is 1. The van der Waals surface area contributed by atoms with Crippen molar-refractivity contribution in [3.05, 3.63) is 34.8 Å². The Morgan fingerprint density at radius 1 is 1.15 bits per heavy atom. The van der Waals surface area contributed by atoms with Crippen LogP contribution in [0.2, 0.25) is 0 Å². The monoisotopic (exact) mass is 467 g/mol. The first-order chi connectivity index (χ1) is 15.7. The molecule has 33 heavy (non-hydrogen) atoms. The molecule has 1 aromatic carbocycles. The van der Waals surface area contributed by atoms with Gasteiger partial charge in [-0.25, -0.2) is 4.98 Å². The van der Waals surface area contributed by atoms with Crippen LogP contribution in [0.15, 0.2) is 24.3 Å². The standard InChI is InChI=1S/C27H33NO4S/c1-25-11-9-19-17(18(25)7-8-21(25)29)14-22(30)27(31)23-20(10-12-26(19,27)2)28-24(33-23)15-5-4-6-16(13-15)32-3/h4-6,13,17-19,22,30-31H,7-12,14H2,1-3H3/t17-,18-,19-,22-,25-,26+,27+/m0/s1. The van der Waals surface area contributed by atoms with Crippen molar-refractivity contribution in [2.75, 3.05) is 7.11 Å². The van der Waals surface area contributed by atoms with Gasteiger partial charge in [-0.3, -0.25) is 4.79 Å². The summed E-state index contributed by atoms with van der Waals surface area (Å²) in [6, 6.07) is 7.86. The predicted octanol–water partition coefficient (Wildman–Crippen LogP) is 4.74. The molecule has 6 heteroatoms. The summed E-state index contributed by atoms with van der Waals surface area (Å²) in [5, 5.41) is 24.8. The van der Waals surface area contributed by atoms with Gasteiger partial charge in [0.2, 0.25) is 0 Å². The first-order valence-electron chi connectivity index (χ1n) is 12.3. The van der Waals surface area contributed by atoms with Crippen LogP contribution in [0.1, 0.15) is 62.9 Å². The number of nitrogens with zero attached hydrogens (tertiary/aromatic N) is 1. The minimum absolute atomic E-state index is 0.240. The van der Waals surface area contributed by atoms with Crippen LogP contribution in [0, 0.1) is 28.6 Å². The van der Waals surface area contributed by atoms with Crippen molar-refractivity contribution in [2.24, 2.45) is 28.6 Å². The zero-order valence-electron chi connectivity index (χ0n) is 19.6. The maximum atomic E-state index is 12.7. The lowest BCUT2D eigenvalue weighted by molar-refractivity contribution is -0.247. The van der Waals surface area contributed by atoms with E-state index >= 15 is 0 Å². The van der Waals surface area contributed by atoms with Gasteiger partial charge in [-0.05, 0) is 68.4 Å². The molecule has 7 atom stereocenters. The van der Waals surface area contributed by atoms with E-state index in [1.165, 1.54) is 11.3 Å². The minimum Gasteiger partial charge on any atom is -0.497 e. The number of fused-ring (bicyclic) bond motifs is 7. The zero-order chi connectivity index (χ0) is 23.2. The zero-order valence-corrected chi connectivity index (χ0v) is 20.5. The van der Waals surface area contributed by atoms with Gasteiger partial charge in [0.1, 0.15) is 22.1 Å². The Labute approximate surface area is 199 Å². The summed E-state index contributed by atoms with van der Waals surface area (Å²) in [4.78, 5) is 18.5. The molecule has 0 bridgehead atoms. The van der Waals surface area contributed by atoms with Crippen LogP contribution in [0.5, 0.6) is 5.75 Å². The van der Waals surface area contributed by atoms with Crippen molar-refractivity contribution in [1.82, 2.24) is 4.98 Å². The summed E-state index contributed by atoms with van der Waals surface area (Å²) in [5.74, 6) is 2.12. The number of carbonyl (C=O) groups is 1. The normalized spacial score (nSPS) is 41.7. The Bertz CT molecular complexity index is 1130. The number of aromatic nitrogens is 1. The molecule has 2 aromatic rings. The number of hydrogen-bond donors (Lipinski definition) is 2. The second kappa shape index (κ2) is 7.12.